The first-order chi connectivity index (χ1) is 10.1. The van der Waals surface area contributed by atoms with Crippen LogP contribution < -0.4 is 5.32 Å². The number of carbonyl (C=O) groups excluding carboxylic acids is 1. The quantitative estimate of drug-likeness (QED) is 0.787. The van der Waals surface area contributed by atoms with Crippen LogP contribution in [0.15, 0.2) is 16.6 Å². The number of halogens is 3. The van der Waals surface area contributed by atoms with Gasteiger partial charge in [-0.1, -0.05) is 6.92 Å². The molecule has 0 aliphatic rings. The molecule has 1 amide bonds. The van der Waals surface area contributed by atoms with Crippen molar-refractivity contribution in [2.24, 2.45) is 0 Å². The maximum Gasteiger partial charge on any atom is 0.240 e. The number of rotatable bonds is 6. The number of hydrogen-bond acceptors (Lipinski definition) is 2. The van der Waals surface area contributed by atoms with E-state index in [-0.39, 0.29) is 18.3 Å². The Hall–Kier alpha value is -1.14. The van der Waals surface area contributed by atoms with Gasteiger partial charge in [-0.25, -0.2) is 9.37 Å². The van der Waals surface area contributed by atoms with Crippen LogP contribution in [0.1, 0.15) is 19.2 Å². The van der Waals surface area contributed by atoms with E-state index in [0.717, 1.165) is 11.9 Å². The van der Waals surface area contributed by atoms with Gasteiger partial charge in [-0.15, -0.1) is 11.6 Å². The third-order valence-corrected chi connectivity index (χ3v) is 3.86. The molecule has 0 saturated heterocycles. The van der Waals surface area contributed by atoms with Crippen molar-refractivity contribution >= 4 is 44.5 Å². The van der Waals surface area contributed by atoms with E-state index in [1.54, 1.807) is 10.6 Å². The summed E-state index contributed by atoms with van der Waals surface area (Å²) >= 11 is 8.95. The molecule has 0 atom stereocenters. The van der Waals surface area contributed by atoms with Crippen molar-refractivity contribution in [3.63, 3.8) is 0 Å². The number of aryl methyl sites for hydroxylation is 1. The molecule has 1 heterocycles. The standard InChI is InChI=1S/C14H16BrClFN3O/c1-2-5-18-14(21)8-20-12-6-9(15)10(17)7-11(12)19-13(20)3-4-16/h6-7H,2-5,8H2,1H3,(H,18,21). The highest BCUT2D eigenvalue weighted by atomic mass is 79.9. The van der Waals surface area contributed by atoms with E-state index in [2.05, 4.69) is 26.2 Å². The monoisotopic (exact) mass is 375 g/mol. The maximum atomic E-state index is 13.6. The van der Waals surface area contributed by atoms with E-state index >= 15 is 0 Å². The average molecular weight is 377 g/mol. The Morgan fingerprint density at radius 3 is 2.95 bits per heavy atom. The van der Waals surface area contributed by atoms with Crippen LogP contribution in [0.5, 0.6) is 0 Å². The number of fused-ring (bicyclic) bond motifs is 1. The second kappa shape index (κ2) is 7.22. The van der Waals surface area contributed by atoms with E-state index in [1.165, 1.54) is 6.07 Å². The molecule has 7 heteroatoms. The molecular formula is C14H16BrClFN3O. The van der Waals surface area contributed by atoms with E-state index in [9.17, 15) is 9.18 Å². The first kappa shape index (κ1) is 16.2. The zero-order valence-electron chi connectivity index (χ0n) is 11.6. The second-order valence-electron chi connectivity index (χ2n) is 4.66. The summed E-state index contributed by atoms with van der Waals surface area (Å²) in [5.41, 5.74) is 1.24. The molecule has 1 aromatic heterocycles. The maximum absolute atomic E-state index is 13.6. The normalized spacial score (nSPS) is 11.0. The molecule has 114 valence electrons. The number of nitrogens with zero attached hydrogens (tertiary/aromatic N) is 2. The van der Waals surface area contributed by atoms with Gasteiger partial charge in [-0.3, -0.25) is 4.79 Å². The van der Waals surface area contributed by atoms with E-state index < -0.39 is 0 Å². The fourth-order valence-corrected chi connectivity index (χ4v) is 2.59. The van der Waals surface area contributed by atoms with Crippen LogP contribution in [0.3, 0.4) is 0 Å². The third-order valence-electron chi connectivity index (χ3n) is 3.06. The fraction of sp³-hybridized carbons (Fsp3) is 0.429. The highest BCUT2D eigenvalue weighted by Gasteiger charge is 2.15. The lowest BCUT2D eigenvalue weighted by atomic mass is 10.3. The van der Waals surface area contributed by atoms with Gasteiger partial charge >= 0.3 is 0 Å². The first-order valence-corrected chi connectivity index (χ1v) is 8.06. The van der Waals surface area contributed by atoms with Gasteiger partial charge in [0, 0.05) is 24.9 Å². The SMILES string of the molecule is CCCNC(=O)Cn1c(CCCl)nc2cc(F)c(Br)cc21. The molecule has 0 aliphatic carbocycles. The van der Waals surface area contributed by atoms with Crippen LogP contribution in [0.2, 0.25) is 0 Å². The summed E-state index contributed by atoms with van der Waals surface area (Å²) < 4.78 is 15.7. The highest BCUT2D eigenvalue weighted by Crippen LogP contribution is 2.24. The molecule has 0 unspecified atom stereocenters. The average Bonchev–Trinajstić information content (AvgIpc) is 2.75. The minimum Gasteiger partial charge on any atom is -0.355 e. The lowest BCUT2D eigenvalue weighted by molar-refractivity contribution is -0.121. The molecule has 21 heavy (non-hydrogen) atoms. The minimum atomic E-state index is -0.375. The van der Waals surface area contributed by atoms with Crippen molar-refractivity contribution in [2.75, 3.05) is 12.4 Å². The summed E-state index contributed by atoms with van der Waals surface area (Å²) in [5.74, 6) is 0.611. The van der Waals surface area contributed by atoms with Gasteiger partial charge in [-0.2, -0.15) is 0 Å². The smallest absolute Gasteiger partial charge is 0.240 e. The minimum absolute atomic E-state index is 0.0904. The summed E-state index contributed by atoms with van der Waals surface area (Å²) in [6.07, 6.45) is 1.40. The molecule has 4 nitrogen and oxygen atoms in total. The Morgan fingerprint density at radius 1 is 1.52 bits per heavy atom. The molecule has 0 aliphatic heterocycles. The molecule has 2 aromatic rings. The zero-order valence-corrected chi connectivity index (χ0v) is 14.0. The van der Waals surface area contributed by atoms with E-state index in [1.807, 2.05) is 6.92 Å². The number of alkyl halides is 1. The predicted molar refractivity (Wildman–Crippen MR) is 85.1 cm³/mol. The molecule has 1 aromatic carbocycles. The number of amides is 1. The van der Waals surface area contributed by atoms with E-state index in [4.69, 9.17) is 11.6 Å². The molecule has 0 radical (unpaired) electrons. The summed E-state index contributed by atoms with van der Waals surface area (Å²) in [4.78, 5) is 16.3. The molecule has 0 saturated carbocycles. The van der Waals surface area contributed by atoms with Gasteiger partial charge in [0.25, 0.3) is 0 Å². The number of carbonyl (C=O) groups is 1. The predicted octanol–water partition coefficient (Wildman–Crippen LogP) is 3.25. The Kier molecular flexibility index (Phi) is 5.58. The van der Waals surface area contributed by atoms with Gasteiger partial charge < -0.3 is 9.88 Å². The number of hydrogen-bond donors (Lipinski definition) is 1. The van der Waals surface area contributed by atoms with Crippen molar-refractivity contribution in [3.8, 4) is 0 Å². The Morgan fingerprint density at radius 2 is 2.29 bits per heavy atom. The summed E-state index contributed by atoms with van der Waals surface area (Å²) in [6, 6.07) is 3.00. The highest BCUT2D eigenvalue weighted by molar-refractivity contribution is 9.10. The zero-order chi connectivity index (χ0) is 15.4. The van der Waals surface area contributed by atoms with Crippen LogP contribution in [-0.4, -0.2) is 27.9 Å². The summed E-state index contributed by atoms with van der Waals surface area (Å²) in [5, 5.41) is 2.82. The third kappa shape index (κ3) is 3.74. The Balaban J connectivity index is 2.40. The van der Waals surface area contributed by atoms with Crippen molar-refractivity contribution in [1.82, 2.24) is 14.9 Å². The number of benzene rings is 1. The van der Waals surface area contributed by atoms with Crippen molar-refractivity contribution in [1.29, 1.82) is 0 Å². The van der Waals surface area contributed by atoms with Gasteiger partial charge in [0.15, 0.2) is 0 Å². The van der Waals surface area contributed by atoms with Crippen molar-refractivity contribution in [2.45, 2.75) is 26.3 Å². The van der Waals surface area contributed by atoms with Crippen LogP contribution in [0.4, 0.5) is 4.39 Å². The van der Waals surface area contributed by atoms with Crippen LogP contribution in [-0.2, 0) is 17.8 Å². The van der Waals surface area contributed by atoms with Crippen molar-refractivity contribution in [3.05, 3.63) is 28.2 Å². The van der Waals surface area contributed by atoms with Crippen molar-refractivity contribution < 1.29 is 9.18 Å². The topological polar surface area (TPSA) is 46.9 Å². The summed E-state index contributed by atoms with van der Waals surface area (Å²) in [6.45, 7) is 2.78. The molecule has 0 fully saturated rings. The van der Waals surface area contributed by atoms with Gasteiger partial charge in [-0.05, 0) is 28.4 Å². The van der Waals surface area contributed by atoms with Gasteiger partial charge in [0.1, 0.15) is 18.2 Å². The number of aromatic nitrogens is 2. The lowest BCUT2D eigenvalue weighted by Gasteiger charge is -2.09. The number of imidazole rings is 1. The molecule has 1 N–H and O–H groups in total. The fourth-order valence-electron chi connectivity index (χ4n) is 2.09. The Bertz CT molecular complexity index is 659. The number of nitrogens with one attached hydrogen (secondary N) is 1. The molecule has 2 rings (SSSR count). The first-order valence-electron chi connectivity index (χ1n) is 6.73. The lowest BCUT2D eigenvalue weighted by Crippen LogP contribution is -2.28. The Labute approximate surface area is 135 Å². The molecular weight excluding hydrogens is 361 g/mol. The molecule has 0 spiro atoms. The second-order valence-corrected chi connectivity index (χ2v) is 5.89. The summed E-state index contributed by atoms with van der Waals surface area (Å²) in [7, 11) is 0. The van der Waals surface area contributed by atoms with Gasteiger partial charge in [0.2, 0.25) is 5.91 Å². The van der Waals surface area contributed by atoms with Crippen LogP contribution in [0, 0.1) is 5.82 Å². The largest absolute Gasteiger partial charge is 0.355 e. The van der Waals surface area contributed by atoms with Gasteiger partial charge in [0.05, 0.1) is 15.5 Å². The van der Waals surface area contributed by atoms with Crippen LogP contribution >= 0.6 is 27.5 Å². The van der Waals surface area contributed by atoms with E-state index in [0.29, 0.717) is 34.7 Å². The van der Waals surface area contributed by atoms with Crippen LogP contribution in [0.25, 0.3) is 11.0 Å². The molecule has 0 bridgehead atoms.